The maximum atomic E-state index is 2.35. The van der Waals surface area contributed by atoms with Crippen molar-refractivity contribution < 1.29 is 0 Å². The van der Waals surface area contributed by atoms with Gasteiger partial charge in [-0.05, 0) is 0 Å². The van der Waals surface area contributed by atoms with Crippen LogP contribution in [0.15, 0.2) is 0 Å². The molecule has 0 aromatic rings. The van der Waals surface area contributed by atoms with Gasteiger partial charge in [0.15, 0.2) is 0 Å². The van der Waals surface area contributed by atoms with Gasteiger partial charge < -0.3 is 0 Å². The number of unbranched alkanes of at least 4 members (excludes halogenated alkanes) is 2. The fourth-order valence-electron chi connectivity index (χ4n) is 3.03. The number of hydrogen-bond acceptors (Lipinski definition) is 0. The smallest absolute Gasteiger partial charge is 0.0535 e. The molecule has 0 aromatic heterocycles. The van der Waals surface area contributed by atoms with E-state index >= 15 is 0 Å². The van der Waals surface area contributed by atoms with E-state index in [-0.39, 0.29) is 0 Å². The molecule has 14 heavy (non-hydrogen) atoms. The Bertz CT molecular complexity index is 126. The molecule has 0 N–H and O–H groups in total. The molecule has 1 heteroatoms. The van der Waals surface area contributed by atoms with E-state index in [4.69, 9.17) is 0 Å². The van der Waals surface area contributed by atoms with Crippen molar-refractivity contribution >= 4 is 8.07 Å². The predicted molar refractivity (Wildman–Crippen MR) is 68.6 cm³/mol. The summed E-state index contributed by atoms with van der Waals surface area (Å²) in [7, 11) is -0.725. The van der Waals surface area contributed by atoms with Gasteiger partial charge >= 0.3 is 0 Å². The largest absolute Gasteiger partial charge is 0.0654 e. The fraction of sp³-hybridized carbons (Fsp3) is 1.00. The van der Waals surface area contributed by atoms with Crippen LogP contribution in [-0.2, 0) is 0 Å². The zero-order valence-corrected chi connectivity index (χ0v) is 11.3. The summed E-state index contributed by atoms with van der Waals surface area (Å²) in [5.74, 6) is 0. The first-order valence-electron chi connectivity index (χ1n) is 6.83. The molecule has 0 unspecified atom stereocenters. The molecule has 0 aromatic carbocycles. The van der Waals surface area contributed by atoms with Crippen molar-refractivity contribution in [3.8, 4) is 0 Å². The van der Waals surface area contributed by atoms with Gasteiger partial charge in [-0.2, -0.15) is 0 Å². The molecule has 0 spiro atoms. The fourth-order valence-corrected chi connectivity index (χ4v) is 8.74. The summed E-state index contributed by atoms with van der Waals surface area (Å²) in [6.45, 7) is 4.70. The van der Waals surface area contributed by atoms with E-state index in [2.05, 4.69) is 13.8 Å². The lowest BCUT2D eigenvalue weighted by Gasteiger charge is -2.35. The minimum atomic E-state index is -0.725. The van der Waals surface area contributed by atoms with Crippen molar-refractivity contribution in [3.05, 3.63) is 0 Å². The second kappa shape index (κ2) is 6.65. The Morgan fingerprint density at radius 1 is 0.786 bits per heavy atom. The highest BCUT2D eigenvalue weighted by Gasteiger charge is 2.32. The van der Waals surface area contributed by atoms with Crippen molar-refractivity contribution in [2.75, 3.05) is 0 Å². The van der Waals surface area contributed by atoms with Crippen molar-refractivity contribution in [1.82, 2.24) is 0 Å². The van der Waals surface area contributed by atoms with E-state index in [1.165, 1.54) is 32.1 Å². The predicted octanol–water partition coefficient (Wildman–Crippen LogP) is 5.22. The van der Waals surface area contributed by atoms with Gasteiger partial charge in [0.1, 0.15) is 0 Å². The van der Waals surface area contributed by atoms with Gasteiger partial charge in [-0.15, -0.1) is 0 Å². The van der Waals surface area contributed by atoms with E-state index in [9.17, 15) is 0 Å². The highest BCUT2D eigenvalue weighted by molar-refractivity contribution is 6.80. The molecule has 0 nitrogen and oxygen atoms in total. The van der Waals surface area contributed by atoms with Crippen molar-refractivity contribution in [1.29, 1.82) is 0 Å². The van der Waals surface area contributed by atoms with Gasteiger partial charge in [-0.3, -0.25) is 0 Å². The normalized spacial score (nSPS) is 21.0. The van der Waals surface area contributed by atoms with E-state index < -0.39 is 8.07 Å². The lowest BCUT2D eigenvalue weighted by molar-refractivity contribution is 0.682. The molecule has 0 bridgehead atoms. The van der Waals surface area contributed by atoms with Crippen LogP contribution in [-0.4, -0.2) is 8.07 Å². The Morgan fingerprint density at radius 3 is 1.71 bits per heavy atom. The van der Waals surface area contributed by atoms with E-state index in [0.717, 1.165) is 0 Å². The lowest BCUT2D eigenvalue weighted by atomic mass is 10.3. The number of hydrogen-bond donors (Lipinski definition) is 0. The summed E-state index contributed by atoms with van der Waals surface area (Å²) in [6.07, 6.45) is 10.6. The molecule has 1 saturated heterocycles. The average Bonchev–Trinajstić information content (AvgIpc) is 2.25. The van der Waals surface area contributed by atoms with Gasteiger partial charge in [0.25, 0.3) is 0 Å². The monoisotopic (exact) mass is 212 g/mol. The molecule has 1 aliphatic rings. The maximum Gasteiger partial charge on any atom is 0.0535 e. The third-order valence-corrected chi connectivity index (χ3v) is 9.69. The summed E-state index contributed by atoms with van der Waals surface area (Å²) in [5.41, 5.74) is 0. The number of rotatable bonds is 6. The third kappa shape index (κ3) is 3.76. The molecule has 0 aliphatic carbocycles. The molecule has 1 rings (SSSR count). The van der Waals surface area contributed by atoms with E-state index in [1.54, 1.807) is 37.0 Å². The van der Waals surface area contributed by atoms with Crippen molar-refractivity contribution in [2.45, 2.75) is 83.0 Å². The van der Waals surface area contributed by atoms with Gasteiger partial charge in [0.05, 0.1) is 8.07 Å². The Kier molecular flexibility index (Phi) is 5.84. The van der Waals surface area contributed by atoms with Crippen molar-refractivity contribution in [2.24, 2.45) is 0 Å². The summed E-state index contributed by atoms with van der Waals surface area (Å²) in [4.78, 5) is 0. The third-order valence-electron chi connectivity index (χ3n) is 4.04. The lowest BCUT2D eigenvalue weighted by Crippen LogP contribution is -2.35. The van der Waals surface area contributed by atoms with Crippen molar-refractivity contribution in [3.63, 3.8) is 0 Å². The first-order valence-corrected chi connectivity index (χ1v) is 9.66. The first-order chi connectivity index (χ1) is 6.83. The van der Waals surface area contributed by atoms with Gasteiger partial charge in [0, 0.05) is 0 Å². The topological polar surface area (TPSA) is 0 Å². The second-order valence-electron chi connectivity index (χ2n) is 5.27. The molecular weight excluding hydrogens is 184 g/mol. The van der Waals surface area contributed by atoms with Gasteiger partial charge in [-0.1, -0.05) is 83.0 Å². The Morgan fingerprint density at radius 2 is 1.29 bits per heavy atom. The summed E-state index contributed by atoms with van der Waals surface area (Å²) >= 11 is 0. The van der Waals surface area contributed by atoms with Crippen LogP contribution in [0.4, 0.5) is 0 Å². The summed E-state index contributed by atoms with van der Waals surface area (Å²) in [5, 5.41) is 0. The van der Waals surface area contributed by atoms with Crippen LogP contribution in [0, 0.1) is 0 Å². The summed E-state index contributed by atoms with van der Waals surface area (Å²) < 4.78 is 0. The average molecular weight is 212 g/mol. The van der Waals surface area contributed by atoms with E-state index in [1.807, 2.05) is 0 Å². The van der Waals surface area contributed by atoms with Crippen LogP contribution in [0.2, 0.25) is 24.2 Å². The maximum absolute atomic E-state index is 2.35. The highest BCUT2D eigenvalue weighted by atomic mass is 28.3. The minimum Gasteiger partial charge on any atom is -0.0654 e. The van der Waals surface area contributed by atoms with Crippen LogP contribution in [0.25, 0.3) is 0 Å². The first kappa shape index (κ1) is 12.3. The molecule has 0 amide bonds. The SMILES string of the molecule is CCCC[Si]1(CCCC)CCCCC1. The van der Waals surface area contributed by atoms with Crippen LogP contribution in [0.3, 0.4) is 0 Å². The molecule has 0 saturated carbocycles. The quantitative estimate of drug-likeness (QED) is 0.530. The molecule has 1 aliphatic heterocycles. The van der Waals surface area contributed by atoms with Crippen LogP contribution < -0.4 is 0 Å². The standard InChI is InChI=1S/C13H28Si/c1-3-5-10-14(11-6-4-2)12-8-7-9-13-14/h3-13H2,1-2H3. The van der Waals surface area contributed by atoms with Crippen LogP contribution in [0.1, 0.15) is 58.8 Å². The van der Waals surface area contributed by atoms with Gasteiger partial charge in [-0.25, -0.2) is 0 Å². The van der Waals surface area contributed by atoms with Crippen LogP contribution in [0.5, 0.6) is 0 Å². The second-order valence-corrected chi connectivity index (χ2v) is 10.3. The zero-order valence-electron chi connectivity index (χ0n) is 10.3. The van der Waals surface area contributed by atoms with E-state index in [0.29, 0.717) is 0 Å². The molecule has 1 heterocycles. The summed E-state index contributed by atoms with van der Waals surface area (Å²) in [6, 6.07) is 6.66. The highest BCUT2D eigenvalue weighted by Crippen LogP contribution is 2.37. The zero-order chi connectivity index (χ0) is 10.3. The molecular formula is C13H28Si. The Hall–Kier alpha value is 0.217. The molecule has 1 fully saturated rings. The Balaban J connectivity index is 2.39. The minimum absolute atomic E-state index is 0.725. The van der Waals surface area contributed by atoms with Gasteiger partial charge in [0.2, 0.25) is 0 Å². The molecule has 0 atom stereocenters. The molecule has 84 valence electrons. The van der Waals surface area contributed by atoms with Crippen LogP contribution >= 0.6 is 0 Å². The Labute approximate surface area is 91.5 Å². The molecule has 0 radical (unpaired) electrons.